The Morgan fingerprint density at radius 3 is 2.42 bits per heavy atom. The molecule has 0 fully saturated rings. The van der Waals surface area contributed by atoms with Gasteiger partial charge in [-0.3, -0.25) is 9.78 Å². The zero-order chi connectivity index (χ0) is 17.5. The molecule has 0 saturated heterocycles. The van der Waals surface area contributed by atoms with Crippen molar-refractivity contribution >= 4 is 12.2 Å². The first-order valence-electron chi connectivity index (χ1n) is 7.30. The van der Waals surface area contributed by atoms with Crippen molar-refractivity contribution in [3.63, 3.8) is 0 Å². The number of nitrogens with one attached hydrogen (secondary N) is 2. The van der Waals surface area contributed by atoms with E-state index in [1.54, 1.807) is 39.7 Å². The molecule has 0 atom stereocenters. The van der Waals surface area contributed by atoms with Crippen LogP contribution in [0.25, 0.3) is 0 Å². The fraction of sp³-hybridized carbons (Fsp3) is 0.312. The van der Waals surface area contributed by atoms with Gasteiger partial charge in [-0.05, 0) is 12.5 Å². The molecular formula is C16H20N4O4. The quantitative estimate of drug-likeness (QED) is 0.593. The van der Waals surface area contributed by atoms with E-state index < -0.39 is 0 Å². The van der Waals surface area contributed by atoms with Crippen molar-refractivity contribution in [1.29, 1.82) is 0 Å². The summed E-state index contributed by atoms with van der Waals surface area (Å²) in [4.78, 5) is 18.3. The molecular weight excluding hydrogens is 312 g/mol. The van der Waals surface area contributed by atoms with Crippen LogP contribution in [0.5, 0.6) is 17.2 Å². The molecule has 2 rings (SSSR count). The Kier molecular flexibility index (Phi) is 5.78. The van der Waals surface area contributed by atoms with E-state index in [0.717, 1.165) is 0 Å². The van der Waals surface area contributed by atoms with E-state index >= 15 is 0 Å². The average Bonchev–Trinajstić information content (AvgIpc) is 2.60. The second kappa shape index (κ2) is 8.00. The number of rotatable bonds is 7. The minimum absolute atomic E-state index is 0.233. The Morgan fingerprint density at radius 2 is 1.79 bits per heavy atom. The van der Waals surface area contributed by atoms with Gasteiger partial charge in [-0.1, -0.05) is 6.92 Å². The normalized spacial score (nSPS) is 10.7. The number of hydrogen-bond donors (Lipinski definition) is 2. The van der Waals surface area contributed by atoms with Crippen molar-refractivity contribution in [2.24, 2.45) is 5.10 Å². The Bertz CT molecular complexity index is 786. The average molecular weight is 332 g/mol. The highest BCUT2D eigenvalue weighted by atomic mass is 16.5. The van der Waals surface area contributed by atoms with Crippen LogP contribution in [0, 0.1) is 0 Å². The number of ether oxygens (including phenoxy) is 3. The van der Waals surface area contributed by atoms with Gasteiger partial charge in [-0.25, -0.2) is 10.4 Å². The minimum Gasteiger partial charge on any atom is -0.496 e. The van der Waals surface area contributed by atoms with Gasteiger partial charge in [-0.2, -0.15) is 5.10 Å². The monoisotopic (exact) mass is 332 g/mol. The van der Waals surface area contributed by atoms with Crippen molar-refractivity contribution < 1.29 is 14.2 Å². The standard InChI is InChI=1S/C16H20N4O4/c1-5-11-7-15(21)19-16(18-11)20-17-9-10-6-13(23-3)14(24-4)8-12(10)22-2/h6-9H,5H2,1-4H3,(H2,18,19,20,21)/b17-9-. The molecule has 128 valence electrons. The SMILES string of the molecule is CCc1cc(=O)[nH]c(N/N=C\c2cc(OC)c(OC)cc2OC)n1. The van der Waals surface area contributed by atoms with Gasteiger partial charge in [0.25, 0.3) is 5.56 Å². The van der Waals surface area contributed by atoms with E-state index in [9.17, 15) is 4.79 Å². The molecule has 0 bridgehead atoms. The molecule has 0 aliphatic heterocycles. The molecule has 0 radical (unpaired) electrons. The number of H-pyrrole nitrogens is 1. The molecule has 0 aliphatic rings. The van der Waals surface area contributed by atoms with Crippen molar-refractivity contribution in [3.8, 4) is 17.2 Å². The van der Waals surface area contributed by atoms with Crippen molar-refractivity contribution in [3.05, 3.63) is 39.8 Å². The zero-order valence-electron chi connectivity index (χ0n) is 14.0. The molecule has 24 heavy (non-hydrogen) atoms. The van der Waals surface area contributed by atoms with Gasteiger partial charge in [0.05, 0.1) is 27.5 Å². The summed E-state index contributed by atoms with van der Waals surface area (Å²) in [6, 6.07) is 4.89. The van der Waals surface area contributed by atoms with Gasteiger partial charge in [-0.15, -0.1) is 0 Å². The third-order valence-electron chi connectivity index (χ3n) is 3.27. The first kappa shape index (κ1) is 17.3. The van der Waals surface area contributed by atoms with E-state index in [-0.39, 0.29) is 11.5 Å². The highest BCUT2D eigenvalue weighted by Gasteiger charge is 2.10. The molecule has 1 heterocycles. The first-order valence-corrected chi connectivity index (χ1v) is 7.30. The number of hydrogen-bond acceptors (Lipinski definition) is 7. The lowest BCUT2D eigenvalue weighted by atomic mass is 10.2. The number of hydrazone groups is 1. The van der Waals surface area contributed by atoms with E-state index in [4.69, 9.17) is 14.2 Å². The second-order valence-electron chi connectivity index (χ2n) is 4.76. The lowest BCUT2D eigenvalue weighted by molar-refractivity contribution is 0.349. The van der Waals surface area contributed by atoms with Crippen LogP contribution in [0.3, 0.4) is 0 Å². The number of aryl methyl sites for hydroxylation is 1. The number of benzene rings is 1. The zero-order valence-corrected chi connectivity index (χ0v) is 14.0. The summed E-state index contributed by atoms with van der Waals surface area (Å²) in [5.41, 5.74) is 3.83. The summed E-state index contributed by atoms with van der Waals surface area (Å²) in [6.07, 6.45) is 2.20. The van der Waals surface area contributed by atoms with Crippen molar-refractivity contribution in [2.45, 2.75) is 13.3 Å². The number of methoxy groups -OCH3 is 3. The molecule has 8 heteroatoms. The van der Waals surface area contributed by atoms with Gasteiger partial charge < -0.3 is 14.2 Å². The van der Waals surface area contributed by atoms with E-state index in [0.29, 0.717) is 34.9 Å². The third kappa shape index (κ3) is 4.03. The molecule has 2 N–H and O–H groups in total. The summed E-state index contributed by atoms with van der Waals surface area (Å²) in [6.45, 7) is 1.92. The fourth-order valence-corrected chi connectivity index (χ4v) is 2.06. The van der Waals surface area contributed by atoms with Gasteiger partial charge in [0.2, 0.25) is 5.95 Å². The van der Waals surface area contributed by atoms with Gasteiger partial charge in [0.1, 0.15) is 5.75 Å². The fourth-order valence-electron chi connectivity index (χ4n) is 2.06. The lowest BCUT2D eigenvalue weighted by Crippen LogP contribution is -2.11. The third-order valence-corrected chi connectivity index (χ3v) is 3.27. The van der Waals surface area contributed by atoms with Crippen LogP contribution in [0.15, 0.2) is 28.1 Å². The molecule has 2 aromatic rings. The van der Waals surface area contributed by atoms with Crippen LogP contribution in [-0.4, -0.2) is 37.5 Å². The van der Waals surface area contributed by atoms with Gasteiger partial charge in [0.15, 0.2) is 11.5 Å². The largest absolute Gasteiger partial charge is 0.496 e. The van der Waals surface area contributed by atoms with Crippen LogP contribution >= 0.6 is 0 Å². The first-order chi connectivity index (χ1) is 11.6. The van der Waals surface area contributed by atoms with Crippen LogP contribution < -0.4 is 25.2 Å². The summed E-state index contributed by atoms with van der Waals surface area (Å²) >= 11 is 0. The molecule has 1 aromatic heterocycles. The van der Waals surface area contributed by atoms with Crippen LogP contribution in [0.4, 0.5) is 5.95 Å². The predicted molar refractivity (Wildman–Crippen MR) is 91.6 cm³/mol. The molecule has 0 spiro atoms. The Hall–Kier alpha value is -3.03. The smallest absolute Gasteiger partial charge is 0.252 e. The van der Waals surface area contributed by atoms with E-state index in [1.165, 1.54) is 6.07 Å². The predicted octanol–water partition coefficient (Wildman–Crippen LogP) is 1.80. The molecule has 1 aromatic carbocycles. The van der Waals surface area contributed by atoms with Gasteiger partial charge >= 0.3 is 0 Å². The maximum absolute atomic E-state index is 11.5. The highest BCUT2D eigenvalue weighted by Crippen LogP contribution is 2.33. The number of nitrogens with zero attached hydrogens (tertiary/aromatic N) is 2. The van der Waals surface area contributed by atoms with Crippen LogP contribution in [-0.2, 0) is 6.42 Å². The number of anilines is 1. The number of aromatic amines is 1. The van der Waals surface area contributed by atoms with Crippen molar-refractivity contribution in [1.82, 2.24) is 9.97 Å². The lowest BCUT2D eigenvalue weighted by Gasteiger charge is -2.11. The van der Waals surface area contributed by atoms with Gasteiger partial charge in [0, 0.05) is 23.4 Å². The molecule has 0 aliphatic carbocycles. The molecule has 0 saturated carbocycles. The molecule has 0 amide bonds. The van der Waals surface area contributed by atoms with Crippen LogP contribution in [0.1, 0.15) is 18.2 Å². The minimum atomic E-state index is -0.233. The Balaban J connectivity index is 2.25. The Morgan fingerprint density at radius 1 is 1.12 bits per heavy atom. The number of aromatic nitrogens is 2. The van der Waals surface area contributed by atoms with Crippen LogP contribution in [0.2, 0.25) is 0 Å². The highest BCUT2D eigenvalue weighted by molar-refractivity contribution is 5.85. The summed E-state index contributed by atoms with van der Waals surface area (Å²) in [5, 5.41) is 4.08. The maximum atomic E-state index is 11.5. The summed E-state index contributed by atoms with van der Waals surface area (Å²) in [7, 11) is 4.65. The van der Waals surface area contributed by atoms with E-state index in [2.05, 4.69) is 20.5 Å². The maximum Gasteiger partial charge on any atom is 0.252 e. The van der Waals surface area contributed by atoms with E-state index in [1.807, 2.05) is 6.92 Å². The Labute approximate surface area is 139 Å². The van der Waals surface area contributed by atoms with Crippen molar-refractivity contribution in [2.75, 3.05) is 26.8 Å². The topological polar surface area (TPSA) is 97.8 Å². The summed E-state index contributed by atoms with van der Waals surface area (Å²) in [5.74, 6) is 1.96. The molecule has 8 nitrogen and oxygen atoms in total. The molecule has 0 unspecified atom stereocenters. The second-order valence-corrected chi connectivity index (χ2v) is 4.76. The summed E-state index contributed by atoms with van der Waals surface area (Å²) < 4.78 is 15.8.